The van der Waals surface area contributed by atoms with E-state index < -0.39 is 0 Å². The first-order valence-corrected chi connectivity index (χ1v) is 8.20. The number of nitrogens with zero attached hydrogens (tertiary/aromatic N) is 1. The highest BCUT2D eigenvalue weighted by Gasteiger charge is 2.24. The molecule has 130 valence electrons. The molecule has 24 heavy (non-hydrogen) atoms. The number of hydrogen-bond acceptors (Lipinski definition) is 4. The lowest BCUT2D eigenvalue weighted by Gasteiger charge is -2.37. The summed E-state index contributed by atoms with van der Waals surface area (Å²) >= 11 is 0. The molecule has 0 aliphatic heterocycles. The fraction of sp³-hybridized carbons (Fsp3) is 0.400. The molecule has 0 aliphatic rings. The van der Waals surface area contributed by atoms with Crippen LogP contribution in [0.5, 0.6) is 5.75 Å². The highest BCUT2D eigenvalue weighted by atomic mass is 16.3. The Labute approximate surface area is 144 Å². The fourth-order valence-corrected chi connectivity index (χ4v) is 2.78. The van der Waals surface area contributed by atoms with Crippen LogP contribution in [0.4, 0.5) is 0 Å². The molecule has 0 radical (unpaired) electrons. The highest BCUT2D eigenvalue weighted by Crippen LogP contribution is 2.29. The highest BCUT2D eigenvalue weighted by molar-refractivity contribution is 5.44. The van der Waals surface area contributed by atoms with E-state index in [-0.39, 0.29) is 24.5 Å². The molecule has 0 unspecified atom stereocenters. The molecule has 0 amide bonds. The Hall–Kier alpha value is -1.88. The van der Waals surface area contributed by atoms with Gasteiger partial charge in [-0.3, -0.25) is 4.90 Å². The van der Waals surface area contributed by atoms with Crippen LogP contribution in [0.25, 0.3) is 0 Å². The maximum absolute atomic E-state index is 10.1. The molecule has 0 bridgehead atoms. The van der Waals surface area contributed by atoms with E-state index >= 15 is 0 Å². The number of rotatable bonds is 6. The van der Waals surface area contributed by atoms with Gasteiger partial charge in [0, 0.05) is 24.2 Å². The molecule has 0 fully saturated rings. The van der Waals surface area contributed by atoms with Gasteiger partial charge in [-0.15, -0.1) is 0 Å². The summed E-state index contributed by atoms with van der Waals surface area (Å²) in [5.41, 5.74) is 3.11. The van der Waals surface area contributed by atoms with E-state index in [1.807, 2.05) is 18.2 Å². The number of benzene rings is 2. The van der Waals surface area contributed by atoms with Crippen LogP contribution >= 0.6 is 0 Å². The minimum Gasteiger partial charge on any atom is -0.508 e. The zero-order chi connectivity index (χ0) is 17.7. The zero-order valence-corrected chi connectivity index (χ0v) is 14.7. The van der Waals surface area contributed by atoms with E-state index in [4.69, 9.17) is 0 Å². The average Bonchev–Trinajstić information content (AvgIpc) is 2.55. The van der Waals surface area contributed by atoms with Crippen LogP contribution in [0.3, 0.4) is 0 Å². The Morgan fingerprint density at radius 3 is 2.04 bits per heavy atom. The van der Waals surface area contributed by atoms with Crippen molar-refractivity contribution in [2.45, 2.75) is 52.6 Å². The van der Waals surface area contributed by atoms with Crippen LogP contribution in [0.2, 0.25) is 0 Å². The molecule has 2 aromatic rings. The number of phenols is 1. The van der Waals surface area contributed by atoms with Gasteiger partial charge in [-0.25, -0.2) is 0 Å². The summed E-state index contributed by atoms with van der Waals surface area (Å²) in [6.45, 7) is 7.32. The van der Waals surface area contributed by atoms with E-state index in [9.17, 15) is 15.3 Å². The van der Waals surface area contributed by atoms with Crippen LogP contribution in [0.15, 0.2) is 42.5 Å². The zero-order valence-electron chi connectivity index (χ0n) is 14.7. The van der Waals surface area contributed by atoms with E-state index in [1.165, 1.54) is 11.6 Å². The van der Waals surface area contributed by atoms with Gasteiger partial charge in [-0.1, -0.05) is 36.4 Å². The van der Waals surface area contributed by atoms with Gasteiger partial charge in [0.2, 0.25) is 0 Å². The lowest BCUT2D eigenvalue weighted by Crippen LogP contribution is -2.40. The predicted molar refractivity (Wildman–Crippen MR) is 95.4 cm³/mol. The smallest absolute Gasteiger partial charge is 0.121 e. The van der Waals surface area contributed by atoms with Crippen LogP contribution < -0.4 is 0 Å². The van der Waals surface area contributed by atoms with Crippen LogP contribution in [0, 0.1) is 0 Å². The molecule has 2 rings (SSSR count). The summed E-state index contributed by atoms with van der Waals surface area (Å²) in [6, 6.07) is 13.4. The second-order valence-corrected chi connectivity index (χ2v) is 7.03. The van der Waals surface area contributed by atoms with Gasteiger partial charge in [-0.2, -0.15) is 0 Å². The van der Waals surface area contributed by atoms with Crippen molar-refractivity contribution in [2.75, 3.05) is 0 Å². The Kier molecular flexibility index (Phi) is 5.99. The SMILES string of the molecule is CC(C)(C)N(Cc1ccccc1)Cc1c(CO)ccc(O)c1CO. The van der Waals surface area contributed by atoms with Gasteiger partial charge in [0.15, 0.2) is 0 Å². The first-order valence-electron chi connectivity index (χ1n) is 8.20. The molecule has 0 saturated heterocycles. The Balaban J connectivity index is 2.38. The average molecular weight is 329 g/mol. The molecule has 0 aliphatic carbocycles. The van der Waals surface area contributed by atoms with Crippen molar-refractivity contribution in [3.8, 4) is 5.75 Å². The second kappa shape index (κ2) is 7.79. The summed E-state index contributed by atoms with van der Waals surface area (Å²) in [5, 5.41) is 29.4. The Morgan fingerprint density at radius 2 is 1.50 bits per heavy atom. The molecule has 0 heterocycles. The van der Waals surface area contributed by atoms with Gasteiger partial charge < -0.3 is 15.3 Å². The summed E-state index contributed by atoms with van der Waals surface area (Å²) in [7, 11) is 0. The minimum absolute atomic E-state index is 0.0678. The lowest BCUT2D eigenvalue weighted by atomic mass is 9.96. The second-order valence-electron chi connectivity index (χ2n) is 7.03. The van der Waals surface area contributed by atoms with Crippen molar-refractivity contribution >= 4 is 0 Å². The molecule has 2 aromatic carbocycles. The summed E-state index contributed by atoms with van der Waals surface area (Å²) in [4.78, 5) is 2.27. The third kappa shape index (κ3) is 4.35. The van der Waals surface area contributed by atoms with Crippen molar-refractivity contribution in [1.82, 2.24) is 4.90 Å². The van der Waals surface area contributed by atoms with Crippen LogP contribution in [-0.4, -0.2) is 25.8 Å². The van der Waals surface area contributed by atoms with E-state index in [1.54, 1.807) is 6.07 Å². The molecular formula is C20H27NO3. The first-order chi connectivity index (χ1) is 11.4. The molecule has 0 saturated carbocycles. The normalized spacial score (nSPS) is 11.9. The molecule has 3 N–H and O–H groups in total. The maximum atomic E-state index is 10.1. The monoisotopic (exact) mass is 329 g/mol. The Bertz CT molecular complexity index is 663. The van der Waals surface area contributed by atoms with Gasteiger partial charge >= 0.3 is 0 Å². The van der Waals surface area contributed by atoms with Gasteiger partial charge in [0.05, 0.1) is 13.2 Å². The molecule has 0 atom stereocenters. The molecule has 4 heteroatoms. The van der Waals surface area contributed by atoms with Crippen molar-refractivity contribution < 1.29 is 15.3 Å². The predicted octanol–water partition coefficient (Wildman–Crippen LogP) is 3.18. The van der Waals surface area contributed by atoms with Crippen molar-refractivity contribution in [1.29, 1.82) is 0 Å². The van der Waals surface area contributed by atoms with Gasteiger partial charge in [0.25, 0.3) is 0 Å². The topological polar surface area (TPSA) is 63.9 Å². The maximum Gasteiger partial charge on any atom is 0.121 e. The number of aliphatic hydroxyl groups is 2. The van der Waals surface area contributed by atoms with E-state index in [0.29, 0.717) is 12.1 Å². The molecule has 4 nitrogen and oxygen atoms in total. The fourth-order valence-electron chi connectivity index (χ4n) is 2.78. The summed E-state index contributed by atoms with van der Waals surface area (Å²) in [6.07, 6.45) is 0. The molecule has 0 spiro atoms. The third-order valence-corrected chi connectivity index (χ3v) is 4.35. The van der Waals surface area contributed by atoms with E-state index in [0.717, 1.165) is 17.7 Å². The number of aromatic hydroxyl groups is 1. The molecular weight excluding hydrogens is 302 g/mol. The van der Waals surface area contributed by atoms with Crippen molar-refractivity contribution in [3.05, 3.63) is 64.7 Å². The summed E-state index contributed by atoms with van der Waals surface area (Å²) in [5.74, 6) is 0.0678. The third-order valence-electron chi connectivity index (χ3n) is 4.35. The quantitative estimate of drug-likeness (QED) is 0.762. The molecule has 0 aromatic heterocycles. The number of aliphatic hydroxyl groups excluding tert-OH is 2. The van der Waals surface area contributed by atoms with Gasteiger partial charge in [-0.05, 0) is 43.5 Å². The lowest BCUT2D eigenvalue weighted by molar-refractivity contribution is 0.116. The van der Waals surface area contributed by atoms with Crippen molar-refractivity contribution in [2.24, 2.45) is 0 Å². The minimum atomic E-state index is -0.252. The standard InChI is InChI=1S/C20H27NO3/c1-20(2,3)21(11-15-7-5-4-6-8-15)12-17-16(13-22)9-10-19(24)18(17)14-23/h4-10,22-24H,11-14H2,1-3H3. The van der Waals surface area contributed by atoms with E-state index in [2.05, 4.69) is 37.8 Å². The van der Waals surface area contributed by atoms with Crippen LogP contribution in [-0.2, 0) is 26.3 Å². The van der Waals surface area contributed by atoms with Crippen molar-refractivity contribution in [3.63, 3.8) is 0 Å². The van der Waals surface area contributed by atoms with Gasteiger partial charge in [0.1, 0.15) is 5.75 Å². The largest absolute Gasteiger partial charge is 0.508 e. The number of hydrogen-bond donors (Lipinski definition) is 3. The summed E-state index contributed by atoms with van der Waals surface area (Å²) < 4.78 is 0. The Morgan fingerprint density at radius 1 is 0.833 bits per heavy atom. The van der Waals surface area contributed by atoms with Crippen LogP contribution in [0.1, 0.15) is 43.0 Å². The first kappa shape index (κ1) is 18.5.